The lowest BCUT2D eigenvalue weighted by atomic mass is 9.74. The van der Waals surface area contributed by atoms with Crippen molar-refractivity contribution in [1.29, 1.82) is 0 Å². The maximum absolute atomic E-state index is 2.52. The van der Waals surface area contributed by atoms with Gasteiger partial charge in [0.25, 0.3) is 0 Å². The first kappa shape index (κ1) is 31.7. The van der Waals surface area contributed by atoms with E-state index >= 15 is 0 Å². The van der Waals surface area contributed by atoms with Gasteiger partial charge in [-0.05, 0) is 122 Å². The van der Waals surface area contributed by atoms with Crippen LogP contribution in [0.25, 0.3) is 59.1 Å². The molecule has 1 heterocycles. The van der Waals surface area contributed by atoms with Crippen molar-refractivity contribution in [2.24, 2.45) is 5.92 Å². The minimum atomic E-state index is 0.0308. The fraction of sp³-hybridized carbons (Fsp3) is 0.0980. The number of thiophene rings is 1. The van der Waals surface area contributed by atoms with E-state index in [9.17, 15) is 0 Å². The zero-order valence-electron chi connectivity index (χ0n) is 30.0. The summed E-state index contributed by atoms with van der Waals surface area (Å²) in [5, 5.41) is 2.66. The standard InChI is InChI=1S/C51H39NS/c1-51(2)47-19-11-9-17-43(47)44-27-26-41(33-48(44)51)52(42-30-38(34-13-5-3-6-14-34)29-39(31-42)35-15-7-4-8-16-35)40-24-21-36(22-25-40)37-23-28-50-46(32-37)45-18-10-12-20-49(45)53-50/h3-32,48H,33H2,1-2H3. The van der Waals surface area contributed by atoms with Crippen molar-refractivity contribution in [3.8, 4) is 33.4 Å². The highest BCUT2D eigenvalue weighted by Gasteiger charge is 2.44. The second-order valence-corrected chi connectivity index (χ2v) is 16.1. The lowest BCUT2D eigenvalue weighted by Crippen LogP contribution is -2.28. The average Bonchev–Trinajstić information content (AvgIpc) is 3.70. The Hall–Kier alpha value is -5.96. The second kappa shape index (κ2) is 12.6. The molecule has 1 unspecified atom stereocenters. The summed E-state index contributed by atoms with van der Waals surface area (Å²) < 4.78 is 2.67. The smallest absolute Gasteiger partial charge is 0.0470 e. The van der Waals surface area contributed by atoms with Crippen LogP contribution in [0, 0.1) is 5.92 Å². The highest BCUT2D eigenvalue weighted by molar-refractivity contribution is 7.25. The molecule has 2 aliphatic carbocycles. The summed E-state index contributed by atoms with van der Waals surface area (Å²) in [5.41, 5.74) is 15.3. The van der Waals surface area contributed by atoms with Gasteiger partial charge in [-0.3, -0.25) is 0 Å². The van der Waals surface area contributed by atoms with E-state index in [1.54, 1.807) is 0 Å². The van der Waals surface area contributed by atoms with Gasteiger partial charge < -0.3 is 4.90 Å². The predicted molar refractivity (Wildman–Crippen MR) is 228 cm³/mol. The molecule has 0 radical (unpaired) electrons. The first-order valence-electron chi connectivity index (χ1n) is 18.6. The average molecular weight is 698 g/mol. The Bertz CT molecular complexity index is 2650. The molecule has 1 atom stereocenters. The summed E-state index contributed by atoms with van der Waals surface area (Å²) in [4.78, 5) is 2.52. The van der Waals surface area contributed by atoms with Crippen LogP contribution in [0.4, 0.5) is 11.4 Å². The largest absolute Gasteiger partial charge is 0.314 e. The zero-order valence-corrected chi connectivity index (χ0v) is 30.8. The van der Waals surface area contributed by atoms with E-state index < -0.39 is 0 Å². The molecule has 2 aliphatic rings. The van der Waals surface area contributed by atoms with Gasteiger partial charge in [-0.25, -0.2) is 0 Å². The maximum atomic E-state index is 2.52. The Balaban J connectivity index is 1.12. The van der Waals surface area contributed by atoms with Crippen LogP contribution in [0.5, 0.6) is 0 Å². The Kier molecular flexibility index (Phi) is 7.56. The van der Waals surface area contributed by atoms with Gasteiger partial charge in [0.15, 0.2) is 0 Å². The van der Waals surface area contributed by atoms with Crippen molar-refractivity contribution in [1.82, 2.24) is 0 Å². The fourth-order valence-corrected chi connectivity index (χ4v) is 9.87. The molecule has 2 heteroatoms. The summed E-state index contributed by atoms with van der Waals surface area (Å²) >= 11 is 1.87. The van der Waals surface area contributed by atoms with Gasteiger partial charge in [-0.1, -0.05) is 141 Å². The molecule has 0 saturated heterocycles. The molecule has 0 fully saturated rings. The molecule has 8 aromatic rings. The van der Waals surface area contributed by atoms with Gasteiger partial charge in [0, 0.05) is 37.2 Å². The number of nitrogens with zero attached hydrogens (tertiary/aromatic N) is 1. The topological polar surface area (TPSA) is 3.24 Å². The quantitative estimate of drug-likeness (QED) is 0.167. The number of fused-ring (bicyclic) bond motifs is 6. The molecule has 0 bridgehead atoms. The van der Waals surface area contributed by atoms with Crippen molar-refractivity contribution >= 4 is 48.5 Å². The van der Waals surface area contributed by atoms with E-state index in [1.807, 2.05) is 11.3 Å². The number of allylic oxidation sites excluding steroid dienone is 4. The predicted octanol–water partition coefficient (Wildman–Crippen LogP) is 14.5. The van der Waals surface area contributed by atoms with Crippen molar-refractivity contribution in [2.45, 2.75) is 25.7 Å². The van der Waals surface area contributed by atoms with Gasteiger partial charge in [0.05, 0.1) is 0 Å². The third kappa shape index (κ3) is 5.45. The van der Waals surface area contributed by atoms with Gasteiger partial charge in [-0.2, -0.15) is 0 Å². The molecule has 1 aromatic heterocycles. The van der Waals surface area contributed by atoms with E-state index in [0.29, 0.717) is 5.92 Å². The van der Waals surface area contributed by atoms with Gasteiger partial charge in [-0.15, -0.1) is 11.3 Å². The molecule has 0 saturated carbocycles. The minimum Gasteiger partial charge on any atom is -0.314 e. The first-order valence-corrected chi connectivity index (χ1v) is 19.4. The van der Waals surface area contributed by atoms with Gasteiger partial charge in [0.1, 0.15) is 0 Å². The van der Waals surface area contributed by atoms with Crippen LogP contribution in [0.2, 0.25) is 0 Å². The summed E-state index contributed by atoms with van der Waals surface area (Å²) in [7, 11) is 0. The molecule has 7 aromatic carbocycles. The Morgan fingerprint density at radius 1 is 0.491 bits per heavy atom. The normalized spacial score (nSPS) is 15.8. The van der Waals surface area contributed by atoms with E-state index in [0.717, 1.165) is 12.1 Å². The molecule has 254 valence electrons. The lowest BCUT2D eigenvalue weighted by molar-refractivity contribution is 0.406. The highest BCUT2D eigenvalue weighted by atomic mass is 32.1. The van der Waals surface area contributed by atoms with E-state index in [4.69, 9.17) is 0 Å². The zero-order chi connectivity index (χ0) is 35.5. The van der Waals surface area contributed by atoms with Crippen LogP contribution in [0.1, 0.15) is 31.4 Å². The van der Waals surface area contributed by atoms with Gasteiger partial charge >= 0.3 is 0 Å². The summed E-state index contributed by atoms with van der Waals surface area (Å²) in [6, 6.07) is 62.6. The van der Waals surface area contributed by atoms with Gasteiger partial charge in [0.2, 0.25) is 0 Å². The van der Waals surface area contributed by atoms with Crippen LogP contribution in [-0.4, -0.2) is 0 Å². The highest BCUT2D eigenvalue weighted by Crippen LogP contribution is 2.55. The first-order chi connectivity index (χ1) is 26.0. The molecule has 1 nitrogen and oxygen atoms in total. The number of hydrogen-bond acceptors (Lipinski definition) is 2. The SMILES string of the molecule is CC1(C)c2ccccc2C2=CC=C(N(c3ccc(-c4ccc5sc6ccccc6c5c4)cc3)c3cc(-c4ccccc4)cc(-c4ccccc4)c3)CC21. The summed E-state index contributed by atoms with van der Waals surface area (Å²) in [6.45, 7) is 4.85. The van der Waals surface area contributed by atoms with Crippen LogP contribution < -0.4 is 4.90 Å². The van der Waals surface area contributed by atoms with Crippen LogP contribution in [0.3, 0.4) is 0 Å². The molecule has 0 spiro atoms. The van der Waals surface area contributed by atoms with Crippen LogP contribution in [-0.2, 0) is 5.41 Å². The number of benzene rings is 7. The van der Waals surface area contributed by atoms with E-state index in [-0.39, 0.29) is 5.41 Å². The molecule has 0 amide bonds. The molecular weight excluding hydrogens is 659 g/mol. The molecule has 0 aliphatic heterocycles. The van der Waals surface area contributed by atoms with Crippen LogP contribution >= 0.6 is 11.3 Å². The maximum Gasteiger partial charge on any atom is 0.0470 e. The Morgan fingerprint density at radius 3 is 1.83 bits per heavy atom. The van der Waals surface area contributed by atoms with E-state index in [1.165, 1.54) is 81.6 Å². The minimum absolute atomic E-state index is 0.0308. The van der Waals surface area contributed by atoms with Crippen LogP contribution in [0.15, 0.2) is 188 Å². The molecule has 10 rings (SSSR count). The molecule has 53 heavy (non-hydrogen) atoms. The third-order valence-electron chi connectivity index (χ3n) is 11.6. The second-order valence-electron chi connectivity index (χ2n) is 15.0. The fourth-order valence-electron chi connectivity index (χ4n) is 8.79. The third-order valence-corrected chi connectivity index (χ3v) is 12.7. The Morgan fingerprint density at radius 2 is 1.09 bits per heavy atom. The van der Waals surface area contributed by atoms with Crippen molar-refractivity contribution in [2.75, 3.05) is 4.90 Å². The Labute approximate surface area is 315 Å². The summed E-state index contributed by atoms with van der Waals surface area (Å²) in [6.07, 6.45) is 5.73. The molecule has 0 N–H and O–H groups in total. The van der Waals surface area contributed by atoms with Crippen molar-refractivity contribution in [3.63, 3.8) is 0 Å². The van der Waals surface area contributed by atoms with Crippen molar-refractivity contribution in [3.05, 3.63) is 199 Å². The summed E-state index contributed by atoms with van der Waals surface area (Å²) in [5.74, 6) is 0.389. The van der Waals surface area contributed by atoms with Crippen molar-refractivity contribution < 1.29 is 0 Å². The lowest BCUT2D eigenvalue weighted by Gasteiger charge is -2.36. The molecular formula is C51H39NS. The number of hydrogen-bond donors (Lipinski definition) is 0. The van der Waals surface area contributed by atoms with E-state index in [2.05, 4.69) is 201 Å². The number of rotatable bonds is 6. The number of anilines is 2. The monoisotopic (exact) mass is 697 g/mol.